The first-order valence-electron chi connectivity index (χ1n) is 11.2. The lowest BCUT2D eigenvalue weighted by Crippen LogP contribution is -2.46. The first kappa shape index (κ1) is 22.8. The van der Waals surface area contributed by atoms with E-state index >= 15 is 0 Å². The van der Waals surface area contributed by atoms with Crippen LogP contribution in [0.4, 0.5) is 4.79 Å². The number of nitrogens with one attached hydrogen (secondary N) is 1. The van der Waals surface area contributed by atoms with E-state index in [0.29, 0.717) is 39.1 Å². The van der Waals surface area contributed by atoms with Gasteiger partial charge in [0.05, 0.1) is 18.0 Å². The number of ether oxygens (including phenoxy) is 1. The molecule has 1 N–H and O–H groups in total. The van der Waals surface area contributed by atoms with Crippen LogP contribution < -0.4 is 5.32 Å². The van der Waals surface area contributed by atoms with E-state index in [-0.39, 0.29) is 18.0 Å². The van der Waals surface area contributed by atoms with Crippen molar-refractivity contribution in [2.75, 3.05) is 19.7 Å². The Hall–Kier alpha value is -3.39. The summed E-state index contributed by atoms with van der Waals surface area (Å²) in [5.74, 6) is -0.141. The van der Waals surface area contributed by atoms with E-state index in [2.05, 4.69) is 17.4 Å². The predicted molar refractivity (Wildman–Crippen MR) is 130 cm³/mol. The molecule has 33 heavy (non-hydrogen) atoms. The van der Waals surface area contributed by atoms with Crippen molar-refractivity contribution >= 4 is 29.4 Å². The Morgan fingerprint density at radius 1 is 1.18 bits per heavy atom. The van der Waals surface area contributed by atoms with Crippen molar-refractivity contribution in [3.8, 4) is 10.6 Å². The Balaban J connectivity index is 1.39. The fourth-order valence-electron chi connectivity index (χ4n) is 3.85. The lowest BCUT2D eigenvalue weighted by atomic mass is 10.1. The number of likely N-dealkylation sites (tertiary alicyclic amines) is 1. The number of piperidine rings is 1. The molecule has 1 saturated heterocycles. The molecule has 0 unspecified atom stereocenters. The van der Waals surface area contributed by atoms with Crippen LogP contribution in [0, 0.1) is 0 Å². The van der Waals surface area contributed by atoms with Crippen LogP contribution in [-0.4, -0.2) is 52.4 Å². The van der Waals surface area contributed by atoms with Gasteiger partial charge in [-0.15, -0.1) is 11.3 Å². The molecule has 0 atom stereocenters. The molecule has 0 radical (unpaired) electrons. The predicted octanol–water partition coefficient (Wildman–Crippen LogP) is 4.41. The van der Waals surface area contributed by atoms with Gasteiger partial charge >= 0.3 is 6.09 Å². The summed E-state index contributed by atoms with van der Waals surface area (Å²) in [7, 11) is 0. The standard InChI is InChI=1S/C25H28N4O3S/c1-2-32-25(31)28-14-12-21(13-15-28)26-23(30)11-10-20-18-29(17-19-7-4-3-5-8-19)27-24(20)22-9-6-16-33-22/h3-11,16,18,21H,2,12-15,17H2,1H3,(H,26,30)/b11-10+. The van der Waals surface area contributed by atoms with Crippen molar-refractivity contribution in [3.05, 3.63) is 71.2 Å². The number of hydrogen-bond donors (Lipinski definition) is 1. The van der Waals surface area contributed by atoms with Crippen molar-refractivity contribution < 1.29 is 14.3 Å². The number of carbonyl (C=O) groups is 2. The zero-order valence-electron chi connectivity index (χ0n) is 18.6. The quantitative estimate of drug-likeness (QED) is 0.526. The first-order valence-corrected chi connectivity index (χ1v) is 12.1. The number of thiophene rings is 1. The first-order chi connectivity index (χ1) is 16.1. The Bertz CT molecular complexity index is 1080. The van der Waals surface area contributed by atoms with Crippen molar-refractivity contribution in [2.24, 2.45) is 0 Å². The van der Waals surface area contributed by atoms with Crippen LogP contribution in [-0.2, 0) is 16.1 Å². The molecular weight excluding hydrogens is 436 g/mol. The monoisotopic (exact) mass is 464 g/mol. The largest absolute Gasteiger partial charge is 0.450 e. The molecule has 3 heterocycles. The van der Waals surface area contributed by atoms with E-state index < -0.39 is 0 Å². The van der Waals surface area contributed by atoms with Crippen LogP contribution in [0.25, 0.3) is 16.6 Å². The van der Waals surface area contributed by atoms with Crippen LogP contribution in [0.5, 0.6) is 0 Å². The van der Waals surface area contributed by atoms with Gasteiger partial charge in [0.2, 0.25) is 5.91 Å². The summed E-state index contributed by atoms with van der Waals surface area (Å²) in [6.45, 7) is 4.00. The maximum Gasteiger partial charge on any atom is 0.409 e. The molecule has 4 rings (SSSR count). The number of hydrogen-bond acceptors (Lipinski definition) is 5. The number of carbonyl (C=O) groups excluding carboxylic acids is 2. The summed E-state index contributed by atoms with van der Waals surface area (Å²) >= 11 is 1.63. The molecule has 0 aliphatic carbocycles. The van der Waals surface area contributed by atoms with Crippen molar-refractivity contribution in [2.45, 2.75) is 32.4 Å². The van der Waals surface area contributed by atoms with E-state index in [1.54, 1.807) is 29.2 Å². The summed E-state index contributed by atoms with van der Waals surface area (Å²) in [5, 5.41) is 9.85. The maximum absolute atomic E-state index is 12.6. The molecule has 172 valence electrons. The average Bonchev–Trinajstić information content (AvgIpc) is 3.49. The van der Waals surface area contributed by atoms with Crippen molar-refractivity contribution in [3.63, 3.8) is 0 Å². The smallest absolute Gasteiger partial charge is 0.409 e. The second-order valence-corrected chi connectivity index (χ2v) is 8.84. The van der Waals surface area contributed by atoms with Crippen molar-refractivity contribution in [1.29, 1.82) is 0 Å². The third kappa shape index (κ3) is 6.10. The van der Waals surface area contributed by atoms with Gasteiger partial charge in [-0.1, -0.05) is 36.4 Å². The topological polar surface area (TPSA) is 76.5 Å². The van der Waals surface area contributed by atoms with Crippen molar-refractivity contribution in [1.82, 2.24) is 20.0 Å². The summed E-state index contributed by atoms with van der Waals surface area (Å²) in [6, 6.07) is 14.3. The van der Waals surface area contributed by atoms with Gasteiger partial charge in [0, 0.05) is 37.0 Å². The average molecular weight is 465 g/mol. The van der Waals surface area contributed by atoms with Gasteiger partial charge in [-0.2, -0.15) is 5.10 Å². The third-order valence-electron chi connectivity index (χ3n) is 5.51. The van der Waals surface area contributed by atoms with Gasteiger partial charge in [0.15, 0.2) is 0 Å². The third-order valence-corrected chi connectivity index (χ3v) is 6.39. The molecule has 8 heteroatoms. The highest BCUT2D eigenvalue weighted by Crippen LogP contribution is 2.27. The Morgan fingerprint density at radius 3 is 2.67 bits per heavy atom. The zero-order valence-corrected chi connectivity index (χ0v) is 19.5. The van der Waals surface area contributed by atoms with Gasteiger partial charge in [-0.25, -0.2) is 4.79 Å². The Kier molecular flexibility index (Phi) is 7.57. The fraction of sp³-hybridized carbons (Fsp3) is 0.320. The molecule has 7 nitrogen and oxygen atoms in total. The van der Waals surface area contributed by atoms with Gasteiger partial charge in [-0.05, 0) is 42.9 Å². The van der Waals surface area contributed by atoms with Crippen LogP contribution in [0.3, 0.4) is 0 Å². The van der Waals surface area contributed by atoms with E-state index in [9.17, 15) is 9.59 Å². The molecule has 3 aromatic rings. The number of benzene rings is 1. The summed E-state index contributed by atoms with van der Waals surface area (Å²) in [4.78, 5) is 27.2. The number of aromatic nitrogens is 2. The van der Waals surface area contributed by atoms with Crippen LogP contribution in [0.15, 0.2) is 60.1 Å². The molecule has 0 bridgehead atoms. The lowest BCUT2D eigenvalue weighted by Gasteiger charge is -2.31. The highest BCUT2D eigenvalue weighted by molar-refractivity contribution is 7.13. The van der Waals surface area contributed by atoms with Gasteiger partial charge in [0.1, 0.15) is 5.69 Å². The highest BCUT2D eigenvalue weighted by Gasteiger charge is 2.24. The Morgan fingerprint density at radius 2 is 1.97 bits per heavy atom. The second-order valence-electron chi connectivity index (χ2n) is 7.90. The normalized spacial score (nSPS) is 14.5. The fourth-order valence-corrected chi connectivity index (χ4v) is 4.58. The second kappa shape index (κ2) is 11.0. The molecule has 0 saturated carbocycles. The van der Waals surface area contributed by atoms with E-state index in [1.807, 2.05) is 52.7 Å². The number of rotatable bonds is 7. The SMILES string of the molecule is CCOC(=O)N1CCC(NC(=O)/C=C/c2cn(Cc3ccccc3)nc2-c2cccs2)CC1. The number of nitrogens with zero attached hydrogens (tertiary/aromatic N) is 3. The molecule has 1 aromatic carbocycles. The van der Waals surface area contributed by atoms with E-state index in [4.69, 9.17) is 9.84 Å². The summed E-state index contributed by atoms with van der Waals surface area (Å²) < 4.78 is 6.96. The number of amides is 2. The molecule has 1 aliphatic rings. The minimum absolute atomic E-state index is 0.0467. The van der Waals surface area contributed by atoms with Crippen LogP contribution >= 0.6 is 11.3 Å². The maximum atomic E-state index is 12.6. The van der Waals surface area contributed by atoms with Gasteiger partial charge in [0.25, 0.3) is 0 Å². The molecule has 1 aliphatic heterocycles. The minimum atomic E-state index is -0.282. The molecular formula is C25H28N4O3S. The molecule has 2 amide bonds. The molecule has 0 spiro atoms. The molecule has 2 aromatic heterocycles. The van der Waals surface area contributed by atoms with Gasteiger partial charge in [-0.3, -0.25) is 9.48 Å². The minimum Gasteiger partial charge on any atom is -0.450 e. The summed E-state index contributed by atoms with van der Waals surface area (Å²) in [6.07, 6.45) is 6.52. The van der Waals surface area contributed by atoms with Crippen LogP contribution in [0.2, 0.25) is 0 Å². The highest BCUT2D eigenvalue weighted by atomic mass is 32.1. The zero-order chi connectivity index (χ0) is 23.0. The van der Waals surface area contributed by atoms with Crippen LogP contribution in [0.1, 0.15) is 30.9 Å². The lowest BCUT2D eigenvalue weighted by molar-refractivity contribution is -0.117. The summed E-state index contributed by atoms with van der Waals surface area (Å²) in [5.41, 5.74) is 2.94. The van der Waals surface area contributed by atoms with E-state index in [0.717, 1.165) is 16.1 Å². The van der Waals surface area contributed by atoms with E-state index in [1.165, 1.54) is 5.56 Å². The van der Waals surface area contributed by atoms with Gasteiger partial charge < -0.3 is 15.0 Å². The Labute approximate surface area is 197 Å². The molecule has 1 fully saturated rings.